The highest BCUT2D eigenvalue weighted by molar-refractivity contribution is 6.33. The third-order valence-electron chi connectivity index (χ3n) is 3.58. The zero-order valence-electron chi connectivity index (χ0n) is 11.6. The standard InChI is InChI=1S/C14H16ClF3N2O2/c15-11-7-8(14(16,17)18)1-6-12(11)20-13(22)19-9-2-4-10(21)5-3-9/h1,6-7,9-10,21H,2-5H2,(H2,19,20,22). The van der Waals surface area contributed by atoms with E-state index in [2.05, 4.69) is 10.6 Å². The summed E-state index contributed by atoms with van der Waals surface area (Å²) in [6, 6.07) is 2.17. The van der Waals surface area contributed by atoms with Crippen molar-refractivity contribution in [2.24, 2.45) is 0 Å². The second-order valence-electron chi connectivity index (χ2n) is 5.30. The van der Waals surface area contributed by atoms with Gasteiger partial charge in [0.1, 0.15) is 0 Å². The fourth-order valence-electron chi connectivity index (χ4n) is 2.36. The lowest BCUT2D eigenvalue weighted by Crippen LogP contribution is -2.40. The van der Waals surface area contributed by atoms with E-state index in [9.17, 15) is 23.1 Å². The monoisotopic (exact) mass is 336 g/mol. The topological polar surface area (TPSA) is 61.4 Å². The third-order valence-corrected chi connectivity index (χ3v) is 3.89. The van der Waals surface area contributed by atoms with Crippen LogP contribution in [0.25, 0.3) is 0 Å². The molecule has 1 fully saturated rings. The van der Waals surface area contributed by atoms with Crippen LogP contribution in [0.1, 0.15) is 31.2 Å². The maximum atomic E-state index is 12.5. The molecular weight excluding hydrogens is 321 g/mol. The maximum absolute atomic E-state index is 12.5. The average Bonchev–Trinajstić information content (AvgIpc) is 2.42. The first-order valence-corrected chi connectivity index (χ1v) is 7.26. The van der Waals surface area contributed by atoms with Crippen LogP contribution in [0.15, 0.2) is 18.2 Å². The molecule has 0 atom stereocenters. The van der Waals surface area contributed by atoms with Crippen LogP contribution in [0.5, 0.6) is 0 Å². The van der Waals surface area contributed by atoms with Crippen molar-refractivity contribution in [3.63, 3.8) is 0 Å². The molecule has 0 spiro atoms. The van der Waals surface area contributed by atoms with Crippen LogP contribution in [0.4, 0.5) is 23.7 Å². The summed E-state index contributed by atoms with van der Waals surface area (Å²) in [7, 11) is 0. The van der Waals surface area contributed by atoms with Crippen molar-refractivity contribution in [2.75, 3.05) is 5.32 Å². The molecular formula is C14H16ClF3N2O2. The van der Waals surface area contributed by atoms with Gasteiger partial charge in [-0.05, 0) is 43.9 Å². The largest absolute Gasteiger partial charge is 0.416 e. The molecule has 122 valence electrons. The van der Waals surface area contributed by atoms with E-state index in [0.29, 0.717) is 25.7 Å². The molecule has 1 aliphatic rings. The van der Waals surface area contributed by atoms with E-state index < -0.39 is 17.8 Å². The molecule has 2 rings (SSSR count). The van der Waals surface area contributed by atoms with Gasteiger partial charge in [0.2, 0.25) is 0 Å². The summed E-state index contributed by atoms with van der Waals surface area (Å²) >= 11 is 5.77. The Kier molecular flexibility index (Phi) is 5.18. The van der Waals surface area contributed by atoms with E-state index in [1.165, 1.54) is 0 Å². The number of alkyl halides is 3. The molecule has 8 heteroatoms. The molecule has 1 aliphatic carbocycles. The molecule has 0 radical (unpaired) electrons. The van der Waals surface area contributed by atoms with Crippen molar-refractivity contribution in [2.45, 2.75) is 44.0 Å². The SMILES string of the molecule is O=C(Nc1ccc(C(F)(F)F)cc1Cl)NC1CCC(O)CC1. The predicted octanol–water partition coefficient (Wildman–Crippen LogP) is 3.78. The van der Waals surface area contributed by atoms with Gasteiger partial charge in [0.25, 0.3) is 0 Å². The lowest BCUT2D eigenvalue weighted by atomic mass is 9.93. The first-order chi connectivity index (χ1) is 10.3. The smallest absolute Gasteiger partial charge is 0.393 e. The summed E-state index contributed by atoms with van der Waals surface area (Å²) < 4.78 is 37.6. The predicted molar refractivity (Wildman–Crippen MR) is 76.9 cm³/mol. The molecule has 3 N–H and O–H groups in total. The van der Waals surface area contributed by atoms with Gasteiger partial charge < -0.3 is 15.7 Å². The molecule has 0 saturated heterocycles. The number of anilines is 1. The quantitative estimate of drug-likeness (QED) is 0.769. The van der Waals surface area contributed by atoms with Crippen molar-refractivity contribution in [1.82, 2.24) is 5.32 Å². The van der Waals surface area contributed by atoms with E-state index in [1.54, 1.807) is 0 Å². The van der Waals surface area contributed by atoms with Gasteiger partial charge >= 0.3 is 12.2 Å². The van der Waals surface area contributed by atoms with Crippen LogP contribution in [-0.2, 0) is 6.18 Å². The summed E-state index contributed by atoms with van der Waals surface area (Å²) in [4.78, 5) is 11.8. The zero-order chi connectivity index (χ0) is 16.3. The molecule has 2 amide bonds. The third kappa shape index (κ3) is 4.51. The first-order valence-electron chi connectivity index (χ1n) is 6.88. The van der Waals surface area contributed by atoms with Gasteiger partial charge in [0.15, 0.2) is 0 Å². The lowest BCUT2D eigenvalue weighted by Gasteiger charge is -2.26. The van der Waals surface area contributed by atoms with E-state index >= 15 is 0 Å². The summed E-state index contributed by atoms with van der Waals surface area (Å²) in [6.45, 7) is 0. The van der Waals surface area contributed by atoms with Gasteiger partial charge in [0.05, 0.1) is 22.4 Å². The number of nitrogens with one attached hydrogen (secondary N) is 2. The number of urea groups is 1. The minimum atomic E-state index is -4.48. The number of benzene rings is 1. The molecule has 0 aromatic heterocycles. The highest BCUT2D eigenvalue weighted by Gasteiger charge is 2.31. The molecule has 4 nitrogen and oxygen atoms in total. The molecule has 1 saturated carbocycles. The van der Waals surface area contributed by atoms with Gasteiger partial charge in [-0.2, -0.15) is 13.2 Å². The van der Waals surface area contributed by atoms with Gasteiger partial charge in [-0.15, -0.1) is 0 Å². The Bertz CT molecular complexity index is 543. The van der Waals surface area contributed by atoms with Crippen LogP contribution >= 0.6 is 11.6 Å². The second kappa shape index (κ2) is 6.75. The molecule has 0 aliphatic heterocycles. The molecule has 22 heavy (non-hydrogen) atoms. The highest BCUT2D eigenvalue weighted by atomic mass is 35.5. The molecule has 0 bridgehead atoms. The fraction of sp³-hybridized carbons (Fsp3) is 0.500. The lowest BCUT2D eigenvalue weighted by molar-refractivity contribution is -0.137. The van der Waals surface area contributed by atoms with Gasteiger partial charge in [-0.3, -0.25) is 0 Å². The number of aliphatic hydroxyl groups excluding tert-OH is 1. The number of carbonyl (C=O) groups is 1. The molecule has 1 aromatic rings. The second-order valence-corrected chi connectivity index (χ2v) is 5.70. The van der Waals surface area contributed by atoms with Crippen LogP contribution in [0.3, 0.4) is 0 Å². The number of halogens is 4. The van der Waals surface area contributed by atoms with E-state index in [1.807, 2.05) is 0 Å². The fourth-order valence-corrected chi connectivity index (χ4v) is 2.58. The number of amides is 2. The van der Waals surface area contributed by atoms with Crippen LogP contribution in [0.2, 0.25) is 5.02 Å². The summed E-state index contributed by atoms with van der Waals surface area (Å²) in [5.74, 6) is 0. The Hall–Kier alpha value is -1.47. The minimum absolute atomic E-state index is 0.0587. The Balaban J connectivity index is 1.94. The Morgan fingerprint density at radius 3 is 2.41 bits per heavy atom. The Morgan fingerprint density at radius 2 is 1.86 bits per heavy atom. The molecule has 0 unspecified atom stereocenters. The van der Waals surface area contributed by atoms with Crippen LogP contribution in [-0.4, -0.2) is 23.3 Å². The van der Waals surface area contributed by atoms with E-state index in [-0.39, 0.29) is 22.9 Å². The molecule has 0 heterocycles. The van der Waals surface area contributed by atoms with E-state index in [0.717, 1.165) is 18.2 Å². The van der Waals surface area contributed by atoms with Gasteiger partial charge in [-0.25, -0.2) is 4.79 Å². The number of aliphatic hydroxyl groups is 1. The first kappa shape index (κ1) is 16.9. The average molecular weight is 337 g/mol. The number of rotatable bonds is 2. The normalized spacial score (nSPS) is 22.2. The van der Waals surface area contributed by atoms with Crippen LogP contribution in [0, 0.1) is 0 Å². The number of hydrogen-bond acceptors (Lipinski definition) is 2. The maximum Gasteiger partial charge on any atom is 0.416 e. The van der Waals surface area contributed by atoms with Crippen molar-refractivity contribution in [3.8, 4) is 0 Å². The Morgan fingerprint density at radius 1 is 1.23 bits per heavy atom. The summed E-state index contributed by atoms with van der Waals surface area (Å²) in [5, 5.41) is 14.4. The number of carbonyl (C=O) groups excluding carboxylic acids is 1. The van der Waals surface area contributed by atoms with Crippen molar-refractivity contribution < 1.29 is 23.1 Å². The summed E-state index contributed by atoms with van der Waals surface area (Å²) in [6.07, 6.45) is -2.25. The van der Waals surface area contributed by atoms with Crippen LogP contribution < -0.4 is 10.6 Å². The van der Waals surface area contributed by atoms with E-state index in [4.69, 9.17) is 11.6 Å². The Labute approximate surface area is 130 Å². The van der Waals surface area contributed by atoms with Crippen molar-refractivity contribution >= 4 is 23.3 Å². The zero-order valence-corrected chi connectivity index (χ0v) is 12.3. The summed E-state index contributed by atoms with van der Waals surface area (Å²) in [5.41, 5.74) is -0.757. The minimum Gasteiger partial charge on any atom is -0.393 e. The van der Waals surface area contributed by atoms with Gasteiger partial charge in [0, 0.05) is 6.04 Å². The number of hydrogen-bond donors (Lipinski definition) is 3. The van der Waals surface area contributed by atoms with Crippen molar-refractivity contribution in [1.29, 1.82) is 0 Å². The van der Waals surface area contributed by atoms with Crippen molar-refractivity contribution in [3.05, 3.63) is 28.8 Å². The highest BCUT2D eigenvalue weighted by Crippen LogP contribution is 2.33. The molecule has 1 aromatic carbocycles. The van der Waals surface area contributed by atoms with Gasteiger partial charge in [-0.1, -0.05) is 11.6 Å².